The average molecular weight is 539 g/mol. The highest BCUT2D eigenvalue weighted by atomic mass is 35.5. The van der Waals surface area contributed by atoms with E-state index in [1.165, 1.54) is 17.0 Å². The van der Waals surface area contributed by atoms with Gasteiger partial charge in [-0.3, -0.25) is 9.59 Å². The van der Waals surface area contributed by atoms with Gasteiger partial charge in [-0.15, -0.1) is 0 Å². The highest BCUT2D eigenvalue weighted by Gasteiger charge is 2.22. The molecule has 6 nitrogen and oxygen atoms in total. The van der Waals surface area contributed by atoms with E-state index in [0.29, 0.717) is 32.8 Å². The van der Waals surface area contributed by atoms with E-state index in [0.717, 1.165) is 5.56 Å². The molecule has 4 rings (SSSR count). The average Bonchev–Trinajstić information content (AvgIpc) is 3.29. The highest BCUT2D eigenvalue weighted by molar-refractivity contribution is 6.42. The van der Waals surface area contributed by atoms with Crippen LogP contribution in [0.2, 0.25) is 10.0 Å². The molecule has 4 aromatic rings. The summed E-state index contributed by atoms with van der Waals surface area (Å²) in [7, 11) is 0. The molecule has 1 N–H and O–H groups in total. The maximum Gasteiger partial charge on any atom is 0.245 e. The number of halogens is 3. The number of hydrogen-bond acceptors (Lipinski definition) is 3. The van der Waals surface area contributed by atoms with Crippen molar-refractivity contribution in [1.82, 2.24) is 14.7 Å². The van der Waals surface area contributed by atoms with Crippen molar-refractivity contribution in [1.29, 1.82) is 0 Å². The summed E-state index contributed by atoms with van der Waals surface area (Å²) >= 11 is 12.3. The van der Waals surface area contributed by atoms with E-state index in [4.69, 9.17) is 23.2 Å². The maximum atomic E-state index is 13.2. The SMILES string of the molecule is CC(C)N(CC(=O)Nc1cc(-c2ccccc2)nn1-c1ccc(Cl)c(Cl)c1)C(=O)Cc1ccc(F)cc1. The fraction of sp³-hybridized carbons (Fsp3) is 0.179. The Morgan fingerprint density at radius 1 is 0.973 bits per heavy atom. The summed E-state index contributed by atoms with van der Waals surface area (Å²) in [6, 6.07) is 21.9. The molecule has 0 unspecified atom stereocenters. The van der Waals surface area contributed by atoms with Crippen LogP contribution in [0.4, 0.5) is 10.2 Å². The van der Waals surface area contributed by atoms with Gasteiger partial charge < -0.3 is 10.2 Å². The summed E-state index contributed by atoms with van der Waals surface area (Å²) in [6.45, 7) is 3.51. The third-order valence-electron chi connectivity index (χ3n) is 5.72. The second kappa shape index (κ2) is 11.6. The molecule has 0 radical (unpaired) electrons. The van der Waals surface area contributed by atoms with Crippen LogP contribution in [-0.4, -0.2) is 39.1 Å². The zero-order valence-electron chi connectivity index (χ0n) is 20.3. The Hall–Kier alpha value is -3.68. The van der Waals surface area contributed by atoms with Crippen LogP contribution in [-0.2, 0) is 16.0 Å². The van der Waals surface area contributed by atoms with Gasteiger partial charge in [-0.25, -0.2) is 9.07 Å². The fourth-order valence-corrected chi connectivity index (χ4v) is 4.10. The summed E-state index contributed by atoms with van der Waals surface area (Å²) < 4.78 is 14.8. The first kappa shape index (κ1) is 26.4. The van der Waals surface area contributed by atoms with Crippen molar-refractivity contribution in [3.8, 4) is 16.9 Å². The lowest BCUT2D eigenvalue weighted by Crippen LogP contribution is -2.43. The van der Waals surface area contributed by atoms with Crippen molar-refractivity contribution in [2.45, 2.75) is 26.3 Å². The van der Waals surface area contributed by atoms with Crippen molar-refractivity contribution in [2.75, 3.05) is 11.9 Å². The third kappa shape index (κ3) is 6.56. The van der Waals surface area contributed by atoms with Gasteiger partial charge in [0.15, 0.2) is 0 Å². The lowest BCUT2D eigenvalue weighted by atomic mass is 10.1. The second-order valence-corrected chi connectivity index (χ2v) is 9.57. The molecule has 1 aromatic heterocycles. The van der Waals surface area contributed by atoms with Crippen LogP contribution in [0.15, 0.2) is 78.9 Å². The zero-order valence-corrected chi connectivity index (χ0v) is 21.8. The Bertz CT molecular complexity index is 1410. The first-order chi connectivity index (χ1) is 17.7. The van der Waals surface area contributed by atoms with Gasteiger partial charge in [0.05, 0.1) is 27.8 Å². The van der Waals surface area contributed by atoms with E-state index in [1.54, 1.807) is 41.1 Å². The molecule has 0 bridgehead atoms. The first-order valence-corrected chi connectivity index (χ1v) is 12.4. The van der Waals surface area contributed by atoms with Crippen molar-refractivity contribution >= 4 is 40.8 Å². The van der Waals surface area contributed by atoms with E-state index in [1.807, 2.05) is 44.2 Å². The van der Waals surface area contributed by atoms with E-state index >= 15 is 0 Å². The lowest BCUT2D eigenvalue weighted by Gasteiger charge is -2.26. The van der Waals surface area contributed by atoms with Crippen molar-refractivity contribution in [2.24, 2.45) is 0 Å². The number of anilines is 1. The van der Waals surface area contributed by atoms with E-state index in [-0.39, 0.29) is 36.6 Å². The highest BCUT2D eigenvalue weighted by Crippen LogP contribution is 2.29. The minimum atomic E-state index is -0.387. The minimum Gasteiger partial charge on any atom is -0.331 e. The lowest BCUT2D eigenvalue weighted by molar-refractivity contribution is -0.135. The summed E-state index contributed by atoms with van der Waals surface area (Å²) in [6.07, 6.45) is 0.0606. The number of carbonyl (C=O) groups excluding carboxylic acids is 2. The van der Waals surface area contributed by atoms with E-state index < -0.39 is 0 Å². The molecule has 0 atom stereocenters. The van der Waals surface area contributed by atoms with Crippen molar-refractivity contribution in [3.05, 3.63) is 100 Å². The summed E-state index contributed by atoms with van der Waals surface area (Å²) in [4.78, 5) is 27.6. The molecule has 0 fully saturated rings. The summed E-state index contributed by atoms with van der Waals surface area (Å²) in [5.41, 5.74) is 2.80. The van der Waals surface area contributed by atoms with Gasteiger partial charge in [-0.2, -0.15) is 5.10 Å². The molecule has 0 spiro atoms. The number of hydrogen-bond donors (Lipinski definition) is 1. The molecule has 0 saturated carbocycles. The molecular formula is C28H25Cl2FN4O2. The standard InChI is InChI=1S/C28H25Cl2FN4O2/c1-18(2)34(28(37)14-19-8-10-21(31)11-9-19)17-27(36)32-26-16-25(20-6-4-3-5-7-20)33-35(26)22-12-13-23(29)24(30)15-22/h3-13,15-16,18H,14,17H2,1-2H3,(H,32,36). The van der Waals surface area contributed by atoms with Crippen LogP contribution in [0.1, 0.15) is 19.4 Å². The van der Waals surface area contributed by atoms with Crippen LogP contribution in [0.3, 0.4) is 0 Å². The predicted octanol–water partition coefficient (Wildman–Crippen LogP) is 6.40. The number of nitrogens with one attached hydrogen (secondary N) is 1. The minimum absolute atomic E-state index is 0.0606. The van der Waals surface area contributed by atoms with Crippen LogP contribution in [0.25, 0.3) is 16.9 Å². The van der Waals surface area contributed by atoms with Crippen molar-refractivity contribution < 1.29 is 14.0 Å². The smallest absolute Gasteiger partial charge is 0.245 e. The Morgan fingerprint density at radius 3 is 2.32 bits per heavy atom. The molecule has 0 aliphatic rings. The summed E-state index contributed by atoms with van der Waals surface area (Å²) in [5.74, 6) is -0.580. The number of rotatable bonds is 8. The first-order valence-electron chi connectivity index (χ1n) is 11.7. The number of carbonyl (C=O) groups is 2. The third-order valence-corrected chi connectivity index (χ3v) is 6.46. The molecule has 0 saturated heterocycles. The number of amides is 2. The van der Waals surface area contributed by atoms with Crippen LogP contribution in [0, 0.1) is 5.82 Å². The molecule has 9 heteroatoms. The number of benzene rings is 3. The number of nitrogens with zero attached hydrogens (tertiary/aromatic N) is 3. The largest absolute Gasteiger partial charge is 0.331 e. The molecule has 37 heavy (non-hydrogen) atoms. The Labute approximate surface area is 224 Å². The maximum absolute atomic E-state index is 13.2. The second-order valence-electron chi connectivity index (χ2n) is 8.76. The Morgan fingerprint density at radius 2 is 1.68 bits per heavy atom. The van der Waals surface area contributed by atoms with Crippen LogP contribution >= 0.6 is 23.2 Å². The van der Waals surface area contributed by atoms with Crippen molar-refractivity contribution in [3.63, 3.8) is 0 Å². The summed E-state index contributed by atoms with van der Waals surface area (Å²) in [5, 5.41) is 8.32. The molecule has 2 amide bonds. The van der Waals surface area contributed by atoms with Gasteiger partial charge in [-0.1, -0.05) is 65.7 Å². The van der Waals surface area contributed by atoms with Gasteiger partial charge in [-0.05, 0) is 49.7 Å². The molecular weight excluding hydrogens is 514 g/mol. The topological polar surface area (TPSA) is 67.2 Å². The van der Waals surface area contributed by atoms with Gasteiger partial charge in [0.25, 0.3) is 0 Å². The molecule has 3 aromatic carbocycles. The molecule has 1 heterocycles. The normalized spacial score (nSPS) is 11.0. The zero-order chi connectivity index (χ0) is 26.5. The predicted molar refractivity (Wildman–Crippen MR) is 145 cm³/mol. The van der Waals surface area contributed by atoms with Crippen LogP contribution in [0.5, 0.6) is 0 Å². The van der Waals surface area contributed by atoms with Gasteiger partial charge >= 0.3 is 0 Å². The number of aromatic nitrogens is 2. The Balaban J connectivity index is 1.58. The fourth-order valence-electron chi connectivity index (χ4n) is 3.81. The quantitative estimate of drug-likeness (QED) is 0.282. The van der Waals surface area contributed by atoms with Gasteiger partial charge in [0, 0.05) is 17.7 Å². The Kier molecular flexibility index (Phi) is 8.26. The van der Waals surface area contributed by atoms with Crippen LogP contribution < -0.4 is 5.32 Å². The van der Waals surface area contributed by atoms with E-state index in [9.17, 15) is 14.0 Å². The monoisotopic (exact) mass is 538 g/mol. The molecule has 0 aliphatic heterocycles. The van der Waals surface area contributed by atoms with Gasteiger partial charge in [0.1, 0.15) is 18.2 Å². The van der Waals surface area contributed by atoms with E-state index in [2.05, 4.69) is 10.4 Å². The van der Waals surface area contributed by atoms with Gasteiger partial charge in [0.2, 0.25) is 11.8 Å². The molecule has 190 valence electrons. The molecule has 0 aliphatic carbocycles.